The SMILES string of the molecule is COC(=O)C(C)(C)NC(=O)c1nc(-c2ccc(OC)c3nc(C(F)(F)F)ccc23)oc1[C@H](C)N. The number of rotatable bonds is 6. The molecule has 0 spiro atoms. The van der Waals surface area contributed by atoms with Crippen LogP contribution >= 0.6 is 0 Å². The first-order chi connectivity index (χ1) is 15.8. The number of esters is 1. The van der Waals surface area contributed by atoms with E-state index >= 15 is 0 Å². The van der Waals surface area contributed by atoms with Crippen LogP contribution in [-0.2, 0) is 15.7 Å². The summed E-state index contributed by atoms with van der Waals surface area (Å²) in [5.41, 5.74) is 3.52. The average molecular weight is 480 g/mol. The Morgan fingerprint density at radius 1 is 1.12 bits per heavy atom. The van der Waals surface area contributed by atoms with E-state index in [1.165, 1.54) is 46.3 Å². The molecule has 3 N–H and O–H groups in total. The number of carbonyl (C=O) groups is 2. The van der Waals surface area contributed by atoms with Crippen molar-refractivity contribution in [3.05, 3.63) is 41.4 Å². The maximum Gasteiger partial charge on any atom is 0.433 e. The van der Waals surface area contributed by atoms with E-state index in [-0.39, 0.29) is 39.6 Å². The lowest BCUT2D eigenvalue weighted by atomic mass is 10.1. The molecule has 0 aliphatic carbocycles. The van der Waals surface area contributed by atoms with Crippen molar-refractivity contribution in [2.75, 3.05) is 14.2 Å². The number of amides is 1. The minimum absolute atomic E-state index is 0.0250. The molecule has 2 aromatic heterocycles. The van der Waals surface area contributed by atoms with E-state index in [0.29, 0.717) is 0 Å². The van der Waals surface area contributed by atoms with Gasteiger partial charge < -0.3 is 24.9 Å². The van der Waals surface area contributed by atoms with E-state index in [1.807, 2.05) is 0 Å². The van der Waals surface area contributed by atoms with Crippen LogP contribution in [0, 0.1) is 0 Å². The summed E-state index contributed by atoms with van der Waals surface area (Å²) in [5.74, 6) is -1.35. The van der Waals surface area contributed by atoms with Gasteiger partial charge in [-0.3, -0.25) is 4.79 Å². The molecule has 3 aromatic rings. The van der Waals surface area contributed by atoms with Crippen molar-refractivity contribution in [1.82, 2.24) is 15.3 Å². The van der Waals surface area contributed by atoms with Crippen molar-refractivity contribution in [2.24, 2.45) is 5.73 Å². The van der Waals surface area contributed by atoms with Crippen LogP contribution in [0.1, 0.15) is 48.8 Å². The van der Waals surface area contributed by atoms with E-state index in [2.05, 4.69) is 20.0 Å². The molecule has 34 heavy (non-hydrogen) atoms. The summed E-state index contributed by atoms with van der Waals surface area (Å²) < 4.78 is 55.2. The number of ether oxygens (including phenoxy) is 2. The Hall–Kier alpha value is -3.67. The molecule has 9 nitrogen and oxygen atoms in total. The average Bonchev–Trinajstić information content (AvgIpc) is 3.22. The van der Waals surface area contributed by atoms with Gasteiger partial charge in [0, 0.05) is 10.9 Å². The molecule has 1 amide bonds. The van der Waals surface area contributed by atoms with Gasteiger partial charge in [0.25, 0.3) is 5.91 Å². The Bertz CT molecular complexity index is 1250. The van der Waals surface area contributed by atoms with Gasteiger partial charge in [-0.05, 0) is 45.0 Å². The molecule has 0 aliphatic heterocycles. The zero-order valence-electron chi connectivity index (χ0n) is 19.0. The molecule has 0 saturated carbocycles. The lowest BCUT2D eigenvalue weighted by Gasteiger charge is -2.22. The third kappa shape index (κ3) is 4.67. The molecule has 0 saturated heterocycles. The summed E-state index contributed by atoms with van der Waals surface area (Å²) in [6.45, 7) is 4.46. The second-order valence-corrected chi connectivity index (χ2v) is 8.00. The molecule has 0 aliphatic rings. The highest BCUT2D eigenvalue weighted by Gasteiger charge is 2.35. The summed E-state index contributed by atoms with van der Waals surface area (Å²) in [6, 6.07) is 4.22. The van der Waals surface area contributed by atoms with Crippen molar-refractivity contribution in [1.29, 1.82) is 0 Å². The number of methoxy groups -OCH3 is 2. The third-order valence-electron chi connectivity index (χ3n) is 4.96. The molecular weight excluding hydrogens is 457 g/mol. The summed E-state index contributed by atoms with van der Waals surface area (Å²) >= 11 is 0. The first-order valence-electron chi connectivity index (χ1n) is 10.0. The van der Waals surface area contributed by atoms with Crippen LogP contribution in [0.15, 0.2) is 28.7 Å². The van der Waals surface area contributed by atoms with Crippen LogP contribution in [0.5, 0.6) is 5.75 Å². The van der Waals surface area contributed by atoms with Crippen LogP contribution < -0.4 is 15.8 Å². The third-order valence-corrected chi connectivity index (χ3v) is 4.96. The monoisotopic (exact) mass is 480 g/mol. The number of nitrogens with one attached hydrogen (secondary N) is 1. The van der Waals surface area contributed by atoms with Gasteiger partial charge in [-0.15, -0.1) is 0 Å². The van der Waals surface area contributed by atoms with Crippen LogP contribution in [0.25, 0.3) is 22.4 Å². The number of halogens is 3. The maximum absolute atomic E-state index is 13.2. The van der Waals surface area contributed by atoms with Crippen LogP contribution in [0.2, 0.25) is 0 Å². The minimum atomic E-state index is -4.65. The summed E-state index contributed by atoms with van der Waals surface area (Å²) in [4.78, 5) is 32.8. The number of oxazole rings is 1. The number of alkyl halides is 3. The quantitative estimate of drug-likeness (QED) is 0.512. The Labute approximate surface area is 192 Å². The Morgan fingerprint density at radius 2 is 1.79 bits per heavy atom. The predicted octanol–water partition coefficient (Wildman–Crippen LogP) is 3.62. The fourth-order valence-corrected chi connectivity index (χ4v) is 3.27. The van der Waals surface area contributed by atoms with Gasteiger partial charge in [-0.2, -0.15) is 13.2 Å². The summed E-state index contributed by atoms with van der Waals surface area (Å²) in [5, 5.41) is 2.77. The van der Waals surface area contributed by atoms with Gasteiger partial charge in [0.05, 0.1) is 20.3 Å². The topological polar surface area (TPSA) is 130 Å². The van der Waals surface area contributed by atoms with Gasteiger partial charge in [0.2, 0.25) is 5.89 Å². The number of nitrogens with two attached hydrogens (primary N) is 1. The predicted molar refractivity (Wildman–Crippen MR) is 115 cm³/mol. The molecule has 1 aromatic carbocycles. The van der Waals surface area contributed by atoms with Crippen molar-refractivity contribution in [2.45, 2.75) is 38.5 Å². The van der Waals surface area contributed by atoms with Gasteiger partial charge >= 0.3 is 12.1 Å². The molecular formula is C22H23F3N4O5. The Balaban J connectivity index is 2.15. The molecule has 0 radical (unpaired) electrons. The lowest BCUT2D eigenvalue weighted by Crippen LogP contribution is -2.50. The number of carbonyl (C=O) groups excluding carboxylic acids is 2. The number of pyridine rings is 1. The van der Waals surface area contributed by atoms with Crippen molar-refractivity contribution in [3.8, 4) is 17.2 Å². The normalized spacial score (nSPS) is 13.0. The first-order valence-corrected chi connectivity index (χ1v) is 10.0. The molecule has 0 bridgehead atoms. The van der Waals surface area contributed by atoms with Crippen molar-refractivity contribution < 1.29 is 36.7 Å². The molecule has 182 valence electrons. The highest BCUT2D eigenvalue weighted by atomic mass is 19.4. The molecule has 2 heterocycles. The number of hydrogen-bond donors (Lipinski definition) is 2. The standard InChI is InChI=1S/C22H23F3N4O5/c1-10(26)17-16(18(30)29-21(2,3)20(31)33-5)28-19(34-17)12-6-8-13(32-4)15-11(12)7-9-14(27-15)22(23,24)25/h6-10H,26H2,1-5H3,(H,29,30)/t10-/m0/s1. The van der Waals surface area contributed by atoms with Gasteiger partial charge in [0.15, 0.2) is 11.5 Å². The van der Waals surface area contributed by atoms with Gasteiger partial charge in [0.1, 0.15) is 22.5 Å². The van der Waals surface area contributed by atoms with Gasteiger partial charge in [-0.1, -0.05) is 0 Å². The second kappa shape index (κ2) is 8.93. The molecule has 3 rings (SSSR count). The zero-order chi connectivity index (χ0) is 25.4. The number of hydrogen-bond acceptors (Lipinski definition) is 8. The first kappa shape index (κ1) is 25.0. The Morgan fingerprint density at radius 3 is 2.35 bits per heavy atom. The molecule has 0 unspecified atom stereocenters. The zero-order valence-corrected chi connectivity index (χ0v) is 19.0. The number of benzene rings is 1. The fraction of sp³-hybridized carbons (Fsp3) is 0.364. The smallest absolute Gasteiger partial charge is 0.433 e. The van der Waals surface area contributed by atoms with Crippen molar-refractivity contribution in [3.63, 3.8) is 0 Å². The summed E-state index contributed by atoms with van der Waals surface area (Å²) in [6.07, 6.45) is -4.65. The van der Waals surface area contributed by atoms with E-state index < -0.39 is 35.3 Å². The summed E-state index contributed by atoms with van der Waals surface area (Å²) in [7, 11) is 2.49. The molecule has 12 heteroatoms. The molecule has 1 atom stereocenters. The highest BCUT2D eigenvalue weighted by molar-refractivity contribution is 5.99. The fourth-order valence-electron chi connectivity index (χ4n) is 3.27. The van der Waals surface area contributed by atoms with E-state index in [0.717, 1.165) is 6.07 Å². The van der Waals surface area contributed by atoms with Crippen LogP contribution in [-0.4, -0.2) is 41.6 Å². The van der Waals surface area contributed by atoms with Gasteiger partial charge in [-0.25, -0.2) is 14.8 Å². The second-order valence-electron chi connectivity index (χ2n) is 8.00. The largest absolute Gasteiger partial charge is 0.494 e. The minimum Gasteiger partial charge on any atom is -0.494 e. The van der Waals surface area contributed by atoms with E-state index in [1.54, 1.807) is 6.92 Å². The van der Waals surface area contributed by atoms with Crippen LogP contribution in [0.3, 0.4) is 0 Å². The molecule has 0 fully saturated rings. The maximum atomic E-state index is 13.2. The lowest BCUT2D eigenvalue weighted by molar-refractivity contribution is -0.146. The van der Waals surface area contributed by atoms with E-state index in [4.69, 9.17) is 14.9 Å². The van der Waals surface area contributed by atoms with Crippen LogP contribution in [0.4, 0.5) is 13.2 Å². The Kier molecular flexibility index (Phi) is 6.56. The van der Waals surface area contributed by atoms with Crippen molar-refractivity contribution >= 4 is 22.8 Å². The number of fused-ring (bicyclic) bond motifs is 1. The highest BCUT2D eigenvalue weighted by Crippen LogP contribution is 2.37. The van der Waals surface area contributed by atoms with E-state index in [9.17, 15) is 22.8 Å². The number of aromatic nitrogens is 2. The number of nitrogens with zero attached hydrogens (tertiary/aromatic N) is 2.